The average molecular weight is 313 g/mol. The molecule has 0 fully saturated rings. The lowest BCUT2D eigenvalue weighted by Crippen LogP contribution is -2.30. The van der Waals surface area contributed by atoms with E-state index >= 15 is 0 Å². The molecule has 0 radical (unpaired) electrons. The number of hydrogen-bond acceptors (Lipinski definition) is 3. The summed E-state index contributed by atoms with van der Waals surface area (Å²) in [7, 11) is 0. The fourth-order valence-corrected chi connectivity index (χ4v) is 2.18. The third-order valence-electron chi connectivity index (χ3n) is 3.67. The molecule has 0 spiro atoms. The second-order valence-electron chi connectivity index (χ2n) is 5.38. The van der Waals surface area contributed by atoms with Crippen LogP contribution in [-0.4, -0.2) is 18.6 Å². The van der Waals surface area contributed by atoms with E-state index in [2.05, 4.69) is 5.32 Å². The van der Waals surface area contributed by atoms with Crippen molar-refractivity contribution in [2.75, 3.05) is 11.9 Å². The number of benzene rings is 2. The lowest BCUT2D eigenvalue weighted by atomic mass is 10.1. The van der Waals surface area contributed by atoms with Gasteiger partial charge in [-0.3, -0.25) is 4.79 Å². The summed E-state index contributed by atoms with van der Waals surface area (Å²) in [4.78, 5) is 12.4. The summed E-state index contributed by atoms with van der Waals surface area (Å²) in [6.45, 7) is 8.19. The van der Waals surface area contributed by atoms with Gasteiger partial charge >= 0.3 is 0 Å². The molecule has 0 aliphatic heterocycles. The predicted octanol–water partition coefficient (Wildman–Crippen LogP) is 4.11. The standard InChI is InChI=1S/C19H23NO3/c1-5-22-18-11-7-6-10-16(18)20-19(21)15(4)23-17-12-8-9-13(2)14(17)3/h6-12,15H,5H2,1-4H3,(H,20,21)/t15-/m0/s1. The number of carbonyl (C=O) groups excluding carboxylic acids is 1. The zero-order valence-corrected chi connectivity index (χ0v) is 14.1. The van der Waals surface area contributed by atoms with E-state index in [0.717, 1.165) is 16.9 Å². The van der Waals surface area contributed by atoms with Crippen LogP contribution >= 0.6 is 0 Å². The van der Waals surface area contributed by atoms with Crippen LogP contribution in [0.4, 0.5) is 5.69 Å². The minimum Gasteiger partial charge on any atom is -0.492 e. The molecule has 0 bridgehead atoms. The molecule has 1 atom stereocenters. The largest absolute Gasteiger partial charge is 0.492 e. The van der Waals surface area contributed by atoms with Crippen molar-refractivity contribution >= 4 is 11.6 Å². The lowest BCUT2D eigenvalue weighted by molar-refractivity contribution is -0.122. The average Bonchev–Trinajstić information content (AvgIpc) is 2.54. The quantitative estimate of drug-likeness (QED) is 0.873. The highest BCUT2D eigenvalue weighted by molar-refractivity contribution is 5.95. The van der Waals surface area contributed by atoms with E-state index in [1.54, 1.807) is 6.92 Å². The third kappa shape index (κ3) is 4.25. The van der Waals surface area contributed by atoms with E-state index in [0.29, 0.717) is 18.0 Å². The summed E-state index contributed by atoms with van der Waals surface area (Å²) in [5.74, 6) is 1.17. The first-order chi connectivity index (χ1) is 11.0. The van der Waals surface area contributed by atoms with Gasteiger partial charge in [0.15, 0.2) is 6.10 Å². The smallest absolute Gasteiger partial charge is 0.265 e. The van der Waals surface area contributed by atoms with Crippen molar-refractivity contribution in [3.8, 4) is 11.5 Å². The molecule has 122 valence electrons. The van der Waals surface area contributed by atoms with Crippen LogP contribution in [0.3, 0.4) is 0 Å². The topological polar surface area (TPSA) is 47.6 Å². The number of hydrogen-bond donors (Lipinski definition) is 1. The molecule has 0 heterocycles. The summed E-state index contributed by atoms with van der Waals surface area (Å²) in [6.07, 6.45) is -0.606. The maximum absolute atomic E-state index is 12.4. The molecule has 0 aliphatic carbocycles. The van der Waals surface area contributed by atoms with E-state index in [1.807, 2.05) is 63.2 Å². The SMILES string of the molecule is CCOc1ccccc1NC(=O)[C@H](C)Oc1cccc(C)c1C. The minimum absolute atomic E-state index is 0.210. The van der Waals surface area contributed by atoms with Gasteiger partial charge < -0.3 is 14.8 Å². The molecule has 2 rings (SSSR count). The molecule has 2 aromatic rings. The molecule has 0 aromatic heterocycles. The van der Waals surface area contributed by atoms with Crippen LogP contribution in [0.5, 0.6) is 11.5 Å². The van der Waals surface area contributed by atoms with Gasteiger partial charge in [0.25, 0.3) is 5.91 Å². The zero-order valence-electron chi connectivity index (χ0n) is 14.1. The maximum atomic E-state index is 12.4. The van der Waals surface area contributed by atoms with Crippen molar-refractivity contribution < 1.29 is 14.3 Å². The molecule has 4 heteroatoms. The molecular weight excluding hydrogens is 290 g/mol. The van der Waals surface area contributed by atoms with Gasteiger partial charge in [0, 0.05) is 0 Å². The number of anilines is 1. The van der Waals surface area contributed by atoms with Crippen LogP contribution in [-0.2, 0) is 4.79 Å². The van der Waals surface area contributed by atoms with E-state index in [4.69, 9.17) is 9.47 Å². The number of nitrogens with one attached hydrogen (secondary N) is 1. The molecule has 0 unspecified atom stereocenters. The van der Waals surface area contributed by atoms with E-state index in [1.165, 1.54) is 0 Å². The van der Waals surface area contributed by atoms with Gasteiger partial charge in [-0.15, -0.1) is 0 Å². The first-order valence-corrected chi connectivity index (χ1v) is 7.78. The summed E-state index contributed by atoms with van der Waals surface area (Å²) < 4.78 is 11.3. The van der Waals surface area contributed by atoms with Crippen molar-refractivity contribution in [1.82, 2.24) is 0 Å². The minimum atomic E-state index is -0.606. The summed E-state index contributed by atoms with van der Waals surface area (Å²) >= 11 is 0. The fourth-order valence-electron chi connectivity index (χ4n) is 2.18. The lowest BCUT2D eigenvalue weighted by Gasteiger charge is -2.18. The Hall–Kier alpha value is -2.49. The molecular formula is C19H23NO3. The molecule has 0 aliphatic rings. The fraction of sp³-hybridized carbons (Fsp3) is 0.316. The highest BCUT2D eigenvalue weighted by atomic mass is 16.5. The van der Waals surface area contributed by atoms with Crippen LogP contribution in [0.2, 0.25) is 0 Å². The van der Waals surface area contributed by atoms with Gasteiger partial charge in [0.1, 0.15) is 11.5 Å². The summed E-state index contributed by atoms with van der Waals surface area (Å²) in [5.41, 5.74) is 2.83. The van der Waals surface area contributed by atoms with E-state index in [-0.39, 0.29) is 5.91 Å². The van der Waals surface area contributed by atoms with Gasteiger partial charge in [0.2, 0.25) is 0 Å². The summed E-state index contributed by atoms with van der Waals surface area (Å²) in [6, 6.07) is 13.2. The zero-order chi connectivity index (χ0) is 16.8. The van der Waals surface area contributed by atoms with E-state index in [9.17, 15) is 4.79 Å². The van der Waals surface area contributed by atoms with E-state index < -0.39 is 6.10 Å². The Morgan fingerprint density at radius 3 is 2.52 bits per heavy atom. The maximum Gasteiger partial charge on any atom is 0.265 e. The Morgan fingerprint density at radius 2 is 1.78 bits per heavy atom. The van der Waals surface area contributed by atoms with Crippen LogP contribution < -0.4 is 14.8 Å². The van der Waals surface area contributed by atoms with Crippen LogP contribution in [0, 0.1) is 13.8 Å². The van der Waals surface area contributed by atoms with Crippen LogP contribution in [0.1, 0.15) is 25.0 Å². The highest BCUT2D eigenvalue weighted by Crippen LogP contribution is 2.25. The van der Waals surface area contributed by atoms with Gasteiger partial charge in [-0.05, 0) is 57.0 Å². The van der Waals surface area contributed by atoms with Gasteiger partial charge in [-0.2, -0.15) is 0 Å². The molecule has 0 saturated heterocycles. The van der Waals surface area contributed by atoms with Gasteiger partial charge in [0.05, 0.1) is 12.3 Å². The summed E-state index contributed by atoms with van der Waals surface area (Å²) in [5, 5.41) is 2.86. The number of rotatable bonds is 6. The number of amides is 1. The third-order valence-corrected chi connectivity index (χ3v) is 3.67. The normalized spacial score (nSPS) is 11.7. The molecule has 4 nitrogen and oxygen atoms in total. The van der Waals surface area contributed by atoms with Crippen molar-refractivity contribution in [1.29, 1.82) is 0 Å². The molecule has 1 amide bonds. The molecule has 1 N–H and O–H groups in total. The highest BCUT2D eigenvalue weighted by Gasteiger charge is 2.17. The number of aryl methyl sites for hydroxylation is 1. The predicted molar refractivity (Wildman–Crippen MR) is 92.2 cm³/mol. The van der Waals surface area contributed by atoms with Crippen LogP contribution in [0.25, 0.3) is 0 Å². The molecule has 2 aromatic carbocycles. The molecule has 23 heavy (non-hydrogen) atoms. The van der Waals surface area contributed by atoms with Crippen molar-refractivity contribution in [3.63, 3.8) is 0 Å². The Morgan fingerprint density at radius 1 is 1.09 bits per heavy atom. The second kappa shape index (κ2) is 7.68. The number of para-hydroxylation sites is 2. The molecule has 0 saturated carbocycles. The number of ether oxygens (including phenoxy) is 2. The van der Waals surface area contributed by atoms with Crippen molar-refractivity contribution in [2.45, 2.75) is 33.8 Å². The Kier molecular flexibility index (Phi) is 5.63. The second-order valence-corrected chi connectivity index (χ2v) is 5.38. The Balaban J connectivity index is 2.07. The Labute approximate surface area is 137 Å². The Bertz CT molecular complexity index is 682. The van der Waals surface area contributed by atoms with Crippen molar-refractivity contribution in [2.24, 2.45) is 0 Å². The van der Waals surface area contributed by atoms with Crippen LogP contribution in [0.15, 0.2) is 42.5 Å². The first kappa shape index (κ1) is 16.9. The number of carbonyl (C=O) groups is 1. The van der Waals surface area contributed by atoms with Gasteiger partial charge in [-0.25, -0.2) is 0 Å². The van der Waals surface area contributed by atoms with Gasteiger partial charge in [-0.1, -0.05) is 24.3 Å². The monoisotopic (exact) mass is 313 g/mol. The first-order valence-electron chi connectivity index (χ1n) is 7.78. The van der Waals surface area contributed by atoms with Crippen molar-refractivity contribution in [3.05, 3.63) is 53.6 Å².